The van der Waals surface area contributed by atoms with E-state index in [1.54, 1.807) is 23.5 Å². The van der Waals surface area contributed by atoms with E-state index < -0.39 is 0 Å². The molecule has 2 heterocycles. The van der Waals surface area contributed by atoms with Gasteiger partial charge in [0.1, 0.15) is 0 Å². The number of hydrogen-bond donors (Lipinski definition) is 1. The molecule has 24 heavy (non-hydrogen) atoms. The lowest BCUT2D eigenvalue weighted by Gasteiger charge is -2.18. The SMILES string of the molecule is CCC(C)c1ccc(C(NC(=O)c2ccco2)c2cccs2)cc1. The number of amides is 1. The van der Waals surface area contributed by atoms with E-state index in [-0.39, 0.29) is 11.9 Å². The van der Waals surface area contributed by atoms with Gasteiger partial charge >= 0.3 is 0 Å². The number of nitrogens with one attached hydrogen (secondary N) is 1. The molecule has 1 aromatic carbocycles. The van der Waals surface area contributed by atoms with Crippen molar-refractivity contribution in [2.75, 3.05) is 0 Å². The molecule has 0 aliphatic rings. The first-order valence-electron chi connectivity index (χ1n) is 8.16. The number of carbonyl (C=O) groups excluding carboxylic acids is 1. The van der Waals surface area contributed by atoms with E-state index in [2.05, 4.69) is 43.4 Å². The Morgan fingerprint density at radius 1 is 1.12 bits per heavy atom. The van der Waals surface area contributed by atoms with Gasteiger partial charge < -0.3 is 9.73 Å². The average molecular weight is 339 g/mol. The van der Waals surface area contributed by atoms with Crippen LogP contribution in [0.1, 0.15) is 58.8 Å². The largest absolute Gasteiger partial charge is 0.459 e. The second-order valence-corrected chi connectivity index (χ2v) is 6.85. The van der Waals surface area contributed by atoms with Gasteiger partial charge in [0.05, 0.1) is 12.3 Å². The van der Waals surface area contributed by atoms with Crippen LogP contribution < -0.4 is 5.32 Å². The summed E-state index contributed by atoms with van der Waals surface area (Å²) in [4.78, 5) is 13.5. The number of hydrogen-bond acceptors (Lipinski definition) is 3. The average Bonchev–Trinajstić information content (AvgIpc) is 3.32. The van der Waals surface area contributed by atoms with Crippen LogP contribution >= 0.6 is 11.3 Å². The third-order valence-corrected chi connectivity index (χ3v) is 5.24. The molecule has 124 valence electrons. The van der Waals surface area contributed by atoms with Crippen molar-refractivity contribution in [2.24, 2.45) is 0 Å². The molecule has 2 atom stereocenters. The normalized spacial score (nSPS) is 13.4. The second kappa shape index (κ2) is 7.49. The summed E-state index contributed by atoms with van der Waals surface area (Å²) in [5, 5.41) is 5.10. The highest BCUT2D eigenvalue weighted by Crippen LogP contribution is 2.28. The Hall–Kier alpha value is -2.33. The molecule has 3 rings (SSSR count). The van der Waals surface area contributed by atoms with Crippen molar-refractivity contribution < 1.29 is 9.21 Å². The maximum Gasteiger partial charge on any atom is 0.287 e. The van der Waals surface area contributed by atoms with Crippen molar-refractivity contribution >= 4 is 17.2 Å². The van der Waals surface area contributed by atoms with E-state index in [0.29, 0.717) is 11.7 Å². The molecule has 0 fully saturated rings. The van der Waals surface area contributed by atoms with Crippen molar-refractivity contribution in [2.45, 2.75) is 32.2 Å². The van der Waals surface area contributed by atoms with E-state index in [9.17, 15) is 4.79 Å². The van der Waals surface area contributed by atoms with Gasteiger partial charge in [-0.2, -0.15) is 0 Å². The van der Waals surface area contributed by atoms with E-state index in [1.807, 2.05) is 17.5 Å². The fourth-order valence-corrected chi connectivity index (χ4v) is 3.44. The van der Waals surface area contributed by atoms with Crippen LogP contribution in [0.2, 0.25) is 0 Å². The maximum atomic E-state index is 12.4. The van der Waals surface area contributed by atoms with Crippen LogP contribution in [0.3, 0.4) is 0 Å². The Morgan fingerprint density at radius 3 is 2.46 bits per heavy atom. The number of carbonyl (C=O) groups is 1. The summed E-state index contributed by atoms with van der Waals surface area (Å²) in [6.07, 6.45) is 2.62. The summed E-state index contributed by atoms with van der Waals surface area (Å²) in [6, 6.07) is 15.8. The zero-order chi connectivity index (χ0) is 16.9. The molecule has 2 aromatic heterocycles. The predicted molar refractivity (Wildman–Crippen MR) is 97.5 cm³/mol. The summed E-state index contributed by atoms with van der Waals surface area (Å²) in [7, 11) is 0. The molecule has 0 spiro atoms. The van der Waals surface area contributed by atoms with Crippen molar-refractivity contribution in [3.63, 3.8) is 0 Å². The van der Waals surface area contributed by atoms with E-state index in [0.717, 1.165) is 16.9 Å². The molecule has 0 aliphatic carbocycles. The smallest absolute Gasteiger partial charge is 0.287 e. The molecule has 1 N–H and O–H groups in total. The third kappa shape index (κ3) is 3.60. The molecule has 0 saturated carbocycles. The van der Waals surface area contributed by atoms with Crippen LogP contribution in [0, 0.1) is 0 Å². The van der Waals surface area contributed by atoms with Gasteiger partial charge in [-0.3, -0.25) is 4.79 Å². The van der Waals surface area contributed by atoms with Crippen LogP contribution in [-0.4, -0.2) is 5.91 Å². The fraction of sp³-hybridized carbons (Fsp3) is 0.250. The van der Waals surface area contributed by atoms with Crippen LogP contribution in [-0.2, 0) is 0 Å². The summed E-state index contributed by atoms with van der Waals surface area (Å²) in [6.45, 7) is 4.42. The number of benzene rings is 1. The zero-order valence-electron chi connectivity index (χ0n) is 13.9. The summed E-state index contributed by atoms with van der Waals surface area (Å²) < 4.78 is 5.21. The van der Waals surface area contributed by atoms with Crippen molar-refractivity contribution in [3.05, 3.63) is 81.9 Å². The van der Waals surface area contributed by atoms with Crippen LogP contribution in [0.4, 0.5) is 0 Å². The Bertz CT molecular complexity index is 761. The highest BCUT2D eigenvalue weighted by molar-refractivity contribution is 7.10. The molecule has 2 unspecified atom stereocenters. The quantitative estimate of drug-likeness (QED) is 0.655. The Morgan fingerprint density at radius 2 is 1.88 bits per heavy atom. The van der Waals surface area contributed by atoms with Gasteiger partial charge in [-0.05, 0) is 47.0 Å². The van der Waals surface area contributed by atoms with Crippen molar-refractivity contribution in [1.82, 2.24) is 5.32 Å². The van der Waals surface area contributed by atoms with Gasteiger partial charge in [0.15, 0.2) is 5.76 Å². The Labute approximate surface area is 146 Å². The molecular formula is C20H21NO2S. The first-order chi connectivity index (χ1) is 11.7. The van der Waals surface area contributed by atoms with Gasteiger partial charge in [-0.15, -0.1) is 11.3 Å². The zero-order valence-corrected chi connectivity index (χ0v) is 14.7. The lowest BCUT2D eigenvalue weighted by molar-refractivity contribution is 0.0915. The standard InChI is InChI=1S/C20H21NO2S/c1-3-14(2)15-8-10-16(11-9-15)19(18-7-5-13-24-18)21-20(22)17-6-4-12-23-17/h4-14,19H,3H2,1-2H3,(H,21,22). The number of furan rings is 1. The minimum atomic E-state index is -0.204. The monoisotopic (exact) mass is 339 g/mol. The minimum Gasteiger partial charge on any atom is -0.459 e. The first-order valence-corrected chi connectivity index (χ1v) is 9.04. The summed E-state index contributed by atoms with van der Waals surface area (Å²) in [5.74, 6) is 0.661. The van der Waals surface area contributed by atoms with E-state index in [1.165, 1.54) is 11.8 Å². The maximum absolute atomic E-state index is 12.4. The molecule has 0 aliphatic heterocycles. The molecule has 3 aromatic rings. The molecule has 1 amide bonds. The molecular weight excluding hydrogens is 318 g/mol. The second-order valence-electron chi connectivity index (χ2n) is 5.88. The van der Waals surface area contributed by atoms with Gasteiger partial charge in [0, 0.05) is 4.88 Å². The Kier molecular flexibility index (Phi) is 5.16. The molecule has 3 nitrogen and oxygen atoms in total. The van der Waals surface area contributed by atoms with Crippen molar-refractivity contribution in [1.29, 1.82) is 0 Å². The topological polar surface area (TPSA) is 42.2 Å². The summed E-state index contributed by atoms with van der Waals surface area (Å²) in [5.41, 5.74) is 2.40. The van der Waals surface area contributed by atoms with Gasteiger partial charge in [0.25, 0.3) is 5.91 Å². The highest BCUT2D eigenvalue weighted by atomic mass is 32.1. The number of thiophene rings is 1. The number of rotatable bonds is 6. The highest BCUT2D eigenvalue weighted by Gasteiger charge is 2.20. The Balaban J connectivity index is 1.87. The van der Waals surface area contributed by atoms with E-state index in [4.69, 9.17) is 4.42 Å². The van der Waals surface area contributed by atoms with Gasteiger partial charge in [0.2, 0.25) is 0 Å². The summed E-state index contributed by atoms with van der Waals surface area (Å²) >= 11 is 1.63. The van der Waals surface area contributed by atoms with Crippen LogP contribution in [0.15, 0.2) is 64.6 Å². The van der Waals surface area contributed by atoms with Gasteiger partial charge in [-0.25, -0.2) is 0 Å². The molecule has 0 bridgehead atoms. The first kappa shape index (κ1) is 16.5. The lowest BCUT2D eigenvalue weighted by Crippen LogP contribution is -2.28. The van der Waals surface area contributed by atoms with Crippen molar-refractivity contribution in [3.8, 4) is 0 Å². The fourth-order valence-electron chi connectivity index (χ4n) is 2.64. The molecule has 0 saturated heterocycles. The molecule has 4 heteroatoms. The third-order valence-electron chi connectivity index (χ3n) is 4.30. The predicted octanol–water partition coefficient (Wildman–Crippen LogP) is 5.37. The lowest BCUT2D eigenvalue weighted by atomic mass is 9.95. The van der Waals surface area contributed by atoms with Gasteiger partial charge in [-0.1, -0.05) is 44.2 Å². The molecule has 0 radical (unpaired) electrons. The van der Waals surface area contributed by atoms with Crippen LogP contribution in [0.5, 0.6) is 0 Å². The van der Waals surface area contributed by atoms with Crippen LogP contribution in [0.25, 0.3) is 0 Å². The van der Waals surface area contributed by atoms with E-state index >= 15 is 0 Å². The minimum absolute atomic E-state index is 0.173.